The number of carbonyl (C=O) groups is 2. The second kappa shape index (κ2) is 12.6. The van der Waals surface area contributed by atoms with Crippen molar-refractivity contribution < 1.29 is 19.9 Å². The zero-order valence-corrected chi connectivity index (χ0v) is 18.6. The van der Waals surface area contributed by atoms with Crippen LogP contribution in [0.25, 0.3) is 0 Å². The first kappa shape index (κ1) is 25.0. The summed E-state index contributed by atoms with van der Waals surface area (Å²) >= 11 is 0. The average molecular weight is 439 g/mol. The van der Waals surface area contributed by atoms with E-state index in [1.165, 1.54) is 18.0 Å². The number of hydroxylamine groups is 1. The van der Waals surface area contributed by atoms with Crippen molar-refractivity contribution in [1.29, 1.82) is 0 Å². The van der Waals surface area contributed by atoms with Gasteiger partial charge in [-0.25, -0.2) is 5.48 Å². The van der Waals surface area contributed by atoms with E-state index in [1.807, 2.05) is 38.4 Å². The molecular formula is C24H30N4O4. The molecule has 2 rings (SSSR count). The first-order valence-electron chi connectivity index (χ1n) is 10.3. The van der Waals surface area contributed by atoms with Crippen LogP contribution in [0, 0.1) is 11.8 Å². The van der Waals surface area contributed by atoms with E-state index in [4.69, 9.17) is 5.21 Å². The van der Waals surface area contributed by atoms with Crippen molar-refractivity contribution in [3.05, 3.63) is 70.8 Å². The number of benzene rings is 2. The molecule has 0 aromatic heterocycles. The Hall–Kier alpha value is -3.22. The highest BCUT2D eigenvalue weighted by molar-refractivity contribution is 5.97. The van der Waals surface area contributed by atoms with Crippen LogP contribution in [-0.4, -0.2) is 66.4 Å². The van der Waals surface area contributed by atoms with E-state index in [0.717, 1.165) is 30.8 Å². The van der Waals surface area contributed by atoms with E-state index in [9.17, 15) is 14.7 Å². The molecular weight excluding hydrogens is 408 g/mol. The van der Waals surface area contributed by atoms with E-state index in [0.29, 0.717) is 5.56 Å². The minimum Gasteiger partial charge on any atom is -0.391 e. The van der Waals surface area contributed by atoms with Crippen LogP contribution in [0.1, 0.15) is 34.0 Å². The summed E-state index contributed by atoms with van der Waals surface area (Å²) in [5.41, 5.74) is 4.54. The largest absolute Gasteiger partial charge is 0.391 e. The molecule has 0 aliphatic carbocycles. The highest BCUT2D eigenvalue weighted by Gasteiger charge is 2.25. The number of aliphatic hydroxyl groups is 1. The SMILES string of the molecule is C[C@@H](O)[C@H](NC(=O)c1ccc(C#Cc2ccc(CNCCN(C)C)cc2)cc1)C(=O)NO. The Morgan fingerprint density at radius 2 is 1.56 bits per heavy atom. The van der Waals surface area contributed by atoms with Gasteiger partial charge in [0.1, 0.15) is 6.04 Å². The first-order chi connectivity index (χ1) is 15.3. The molecule has 0 aliphatic heterocycles. The number of nitrogens with zero attached hydrogens (tertiary/aromatic N) is 1. The standard InChI is InChI=1S/C24H30N4O4/c1-17(29)22(24(31)27-32)26-23(30)21-12-10-19(11-13-21)5-4-18-6-8-20(9-7-18)16-25-14-15-28(2)3/h6-13,17,22,25,29,32H,14-16H2,1-3H3,(H,26,30)(H,27,31)/t17-,22+/m1/s1. The fourth-order valence-corrected chi connectivity index (χ4v) is 2.79. The van der Waals surface area contributed by atoms with Crippen molar-refractivity contribution in [2.75, 3.05) is 27.2 Å². The Labute approximate surface area is 188 Å². The van der Waals surface area contributed by atoms with Crippen molar-refractivity contribution >= 4 is 11.8 Å². The molecule has 8 nitrogen and oxygen atoms in total. The van der Waals surface area contributed by atoms with Crippen LogP contribution in [-0.2, 0) is 11.3 Å². The van der Waals surface area contributed by atoms with Gasteiger partial charge in [0.25, 0.3) is 11.8 Å². The highest BCUT2D eigenvalue weighted by atomic mass is 16.5. The van der Waals surface area contributed by atoms with Crippen molar-refractivity contribution in [3.8, 4) is 11.8 Å². The predicted octanol–water partition coefficient (Wildman–Crippen LogP) is 0.722. The van der Waals surface area contributed by atoms with E-state index in [1.54, 1.807) is 24.3 Å². The first-order valence-corrected chi connectivity index (χ1v) is 10.3. The third-order valence-corrected chi connectivity index (χ3v) is 4.68. The summed E-state index contributed by atoms with van der Waals surface area (Å²) in [6.07, 6.45) is -1.17. The molecule has 170 valence electrons. The van der Waals surface area contributed by atoms with Gasteiger partial charge < -0.3 is 20.6 Å². The van der Waals surface area contributed by atoms with Crippen LogP contribution in [0.15, 0.2) is 48.5 Å². The number of hydrogen-bond donors (Lipinski definition) is 5. The monoisotopic (exact) mass is 438 g/mol. The van der Waals surface area contributed by atoms with Gasteiger partial charge in [-0.2, -0.15) is 0 Å². The van der Waals surface area contributed by atoms with Crippen LogP contribution < -0.4 is 16.1 Å². The molecule has 0 unspecified atom stereocenters. The fourth-order valence-electron chi connectivity index (χ4n) is 2.79. The molecule has 0 heterocycles. The van der Waals surface area contributed by atoms with Crippen LogP contribution in [0.3, 0.4) is 0 Å². The maximum Gasteiger partial charge on any atom is 0.268 e. The lowest BCUT2D eigenvalue weighted by molar-refractivity contribution is -0.133. The van der Waals surface area contributed by atoms with Gasteiger partial charge in [-0.1, -0.05) is 24.0 Å². The molecule has 2 aromatic carbocycles. The number of amides is 2. The lowest BCUT2D eigenvalue weighted by Gasteiger charge is -2.19. The number of carbonyl (C=O) groups excluding carboxylic acids is 2. The molecule has 0 fully saturated rings. The minimum absolute atomic E-state index is 0.304. The fraction of sp³-hybridized carbons (Fsp3) is 0.333. The summed E-state index contributed by atoms with van der Waals surface area (Å²) in [7, 11) is 4.09. The minimum atomic E-state index is -1.27. The van der Waals surface area contributed by atoms with Gasteiger partial charge in [-0.15, -0.1) is 0 Å². The van der Waals surface area contributed by atoms with E-state index in [-0.39, 0.29) is 0 Å². The lowest BCUT2D eigenvalue weighted by Crippen LogP contribution is -2.51. The lowest BCUT2D eigenvalue weighted by atomic mass is 10.1. The topological polar surface area (TPSA) is 114 Å². The Balaban J connectivity index is 1.94. The molecule has 0 spiro atoms. The molecule has 0 bridgehead atoms. The number of hydrogen-bond acceptors (Lipinski definition) is 6. The van der Waals surface area contributed by atoms with Crippen molar-refractivity contribution in [3.63, 3.8) is 0 Å². The predicted molar refractivity (Wildman–Crippen MR) is 122 cm³/mol. The average Bonchev–Trinajstić information content (AvgIpc) is 2.79. The Morgan fingerprint density at radius 1 is 1.00 bits per heavy atom. The maximum atomic E-state index is 12.3. The zero-order valence-electron chi connectivity index (χ0n) is 18.6. The quantitative estimate of drug-likeness (QED) is 0.171. The van der Waals surface area contributed by atoms with Gasteiger partial charge in [0.05, 0.1) is 6.10 Å². The van der Waals surface area contributed by atoms with Crippen LogP contribution in [0.2, 0.25) is 0 Å². The van der Waals surface area contributed by atoms with Crippen molar-refractivity contribution in [2.45, 2.75) is 25.6 Å². The second-order valence-corrected chi connectivity index (χ2v) is 7.67. The molecule has 0 saturated carbocycles. The summed E-state index contributed by atoms with van der Waals surface area (Å²) < 4.78 is 0. The molecule has 2 aromatic rings. The van der Waals surface area contributed by atoms with Crippen LogP contribution in [0.5, 0.6) is 0 Å². The number of rotatable bonds is 9. The summed E-state index contributed by atoms with van der Waals surface area (Å²) in [4.78, 5) is 26.0. The van der Waals surface area contributed by atoms with E-state index in [2.05, 4.69) is 27.4 Å². The van der Waals surface area contributed by atoms with Crippen molar-refractivity contribution in [2.24, 2.45) is 0 Å². The van der Waals surface area contributed by atoms with Gasteiger partial charge in [0.15, 0.2) is 0 Å². The maximum absolute atomic E-state index is 12.3. The Bertz CT molecular complexity index is 945. The number of aliphatic hydroxyl groups excluding tert-OH is 1. The molecule has 0 saturated heterocycles. The van der Waals surface area contributed by atoms with Crippen molar-refractivity contribution in [1.82, 2.24) is 21.0 Å². The normalized spacial score (nSPS) is 12.4. The van der Waals surface area contributed by atoms with Crippen LogP contribution >= 0.6 is 0 Å². The number of likely N-dealkylation sites (N-methyl/N-ethyl adjacent to an activating group) is 1. The summed E-state index contributed by atoms with van der Waals surface area (Å²) in [5, 5.41) is 24.1. The zero-order chi connectivity index (χ0) is 23.5. The van der Waals surface area contributed by atoms with Crippen LogP contribution in [0.4, 0.5) is 0 Å². The third-order valence-electron chi connectivity index (χ3n) is 4.68. The third kappa shape index (κ3) is 8.13. The highest BCUT2D eigenvalue weighted by Crippen LogP contribution is 2.07. The summed E-state index contributed by atoms with van der Waals surface area (Å²) in [5.74, 6) is 4.71. The van der Waals surface area contributed by atoms with E-state index >= 15 is 0 Å². The molecule has 32 heavy (non-hydrogen) atoms. The summed E-state index contributed by atoms with van der Waals surface area (Å²) in [6, 6.07) is 13.3. The molecule has 2 atom stereocenters. The van der Waals surface area contributed by atoms with Gasteiger partial charge in [0, 0.05) is 36.3 Å². The molecule has 5 N–H and O–H groups in total. The molecule has 0 radical (unpaired) electrons. The van der Waals surface area contributed by atoms with Gasteiger partial charge >= 0.3 is 0 Å². The van der Waals surface area contributed by atoms with Gasteiger partial charge in [-0.3, -0.25) is 14.8 Å². The second-order valence-electron chi connectivity index (χ2n) is 7.67. The van der Waals surface area contributed by atoms with Gasteiger partial charge in [0.2, 0.25) is 0 Å². The molecule has 8 heteroatoms. The molecule has 2 amide bonds. The smallest absolute Gasteiger partial charge is 0.268 e. The molecule has 0 aliphatic rings. The van der Waals surface area contributed by atoms with E-state index < -0.39 is 24.0 Å². The Morgan fingerprint density at radius 3 is 2.06 bits per heavy atom. The summed E-state index contributed by atoms with van der Waals surface area (Å²) in [6.45, 7) is 4.06. The Kier molecular flexibility index (Phi) is 9.85. The number of nitrogens with one attached hydrogen (secondary N) is 3. The van der Waals surface area contributed by atoms with Gasteiger partial charge in [-0.05, 0) is 63.0 Å².